The van der Waals surface area contributed by atoms with Crippen molar-refractivity contribution in [1.29, 1.82) is 0 Å². The van der Waals surface area contributed by atoms with Gasteiger partial charge >= 0.3 is 6.18 Å². The molecule has 0 amide bonds. The number of aromatic nitrogens is 4. The fraction of sp³-hybridized carbons (Fsp3) is 0.421. The van der Waals surface area contributed by atoms with Gasteiger partial charge in [-0.05, 0) is 43.9 Å². The van der Waals surface area contributed by atoms with Gasteiger partial charge in [0.2, 0.25) is 0 Å². The van der Waals surface area contributed by atoms with Gasteiger partial charge < -0.3 is 5.73 Å². The van der Waals surface area contributed by atoms with Gasteiger partial charge in [0.15, 0.2) is 5.52 Å². The quantitative estimate of drug-likeness (QED) is 0.744. The summed E-state index contributed by atoms with van der Waals surface area (Å²) in [6.45, 7) is 3.08. The Bertz CT molecular complexity index is 1140. The third-order valence-corrected chi connectivity index (χ3v) is 5.33. The molecule has 9 heteroatoms. The van der Waals surface area contributed by atoms with E-state index in [4.69, 9.17) is 5.73 Å². The number of fused-ring (bicyclic) bond motifs is 1. The predicted molar refractivity (Wildman–Crippen MR) is 97.9 cm³/mol. The lowest BCUT2D eigenvalue weighted by Gasteiger charge is -2.27. The molecule has 1 aliphatic rings. The Kier molecular flexibility index (Phi) is 3.94. The van der Waals surface area contributed by atoms with E-state index in [9.17, 15) is 18.0 Å². The zero-order valence-corrected chi connectivity index (χ0v) is 15.7. The second-order valence-electron chi connectivity index (χ2n) is 7.59. The number of rotatable bonds is 3. The smallest absolute Gasteiger partial charge is 0.317 e. The Morgan fingerprint density at radius 2 is 1.89 bits per heavy atom. The van der Waals surface area contributed by atoms with Crippen LogP contribution in [0.25, 0.3) is 11.0 Å². The van der Waals surface area contributed by atoms with Gasteiger partial charge in [-0.3, -0.25) is 14.0 Å². The van der Waals surface area contributed by atoms with Crippen LogP contribution in [0.4, 0.5) is 13.2 Å². The highest BCUT2D eigenvalue weighted by molar-refractivity contribution is 5.78. The minimum Gasteiger partial charge on any atom is -0.317 e. The van der Waals surface area contributed by atoms with Crippen molar-refractivity contribution in [3.63, 3.8) is 0 Å². The molecule has 2 aromatic heterocycles. The van der Waals surface area contributed by atoms with Crippen molar-refractivity contribution in [2.24, 2.45) is 12.8 Å². The molecule has 3 aromatic rings. The Balaban J connectivity index is 1.87. The van der Waals surface area contributed by atoms with Crippen molar-refractivity contribution in [3.8, 4) is 0 Å². The molecule has 28 heavy (non-hydrogen) atoms. The van der Waals surface area contributed by atoms with Crippen molar-refractivity contribution in [1.82, 2.24) is 19.3 Å². The van der Waals surface area contributed by atoms with Crippen molar-refractivity contribution >= 4 is 11.0 Å². The van der Waals surface area contributed by atoms with E-state index in [2.05, 4.69) is 10.1 Å². The summed E-state index contributed by atoms with van der Waals surface area (Å²) < 4.78 is 42.3. The summed E-state index contributed by atoms with van der Waals surface area (Å²) in [7, 11) is 1.65. The highest BCUT2D eigenvalue weighted by Gasteiger charge is 2.36. The average molecular weight is 391 g/mol. The van der Waals surface area contributed by atoms with Gasteiger partial charge in [-0.25, -0.2) is 4.98 Å². The van der Waals surface area contributed by atoms with E-state index in [-0.39, 0.29) is 22.7 Å². The third-order valence-electron chi connectivity index (χ3n) is 5.33. The van der Waals surface area contributed by atoms with Crippen molar-refractivity contribution in [2.45, 2.75) is 44.4 Å². The molecule has 0 spiro atoms. The van der Waals surface area contributed by atoms with E-state index in [1.807, 2.05) is 0 Å². The molecule has 1 atom stereocenters. The van der Waals surface area contributed by atoms with Gasteiger partial charge in [0.25, 0.3) is 5.56 Å². The van der Waals surface area contributed by atoms with Crippen LogP contribution >= 0.6 is 0 Å². The molecule has 1 saturated carbocycles. The van der Waals surface area contributed by atoms with Crippen LogP contribution in [-0.4, -0.2) is 19.3 Å². The molecule has 0 saturated heterocycles. The molecule has 1 aromatic carbocycles. The fourth-order valence-electron chi connectivity index (χ4n) is 3.71. The van der Waals surface area contributed by atoms with Crippen LogP contribution in [0.1, 0.15) is 48.2 Å². The first-order valence-electron chi connectivity index (χ1n) is 8.93. The number of alkyl halides is 3. The summed E-state index contributed by atoms with van der Waals surface area (Å²) in [5.74, 6) is 0. The Labute approximate surface area is 158 Å². The molecule has 2 heterocycles. The van der Waals surface area contributed by atoms with Crippen molar-refractivity contribution in [2.75, 3.05) is 0 Å². The van der Waals surface area contributed by atoms with E-state index in [1.165, 1.54) is 30.1 Å². The average Bonchev–Trinajstić information content (AvgIpc) is 3.36. The topological polar surface area (TPSA) is 78.7 Å². The van der Waals surface area contributed by atoms with Gasteiger partial charge in [-0.2, -0.15) is 18.3 Å². The molecule has 4 rings (SSSR count). The van der Waals surface area contributed by atoms with E-state index in [0.29, 0.717) is 16.8 Å². The molecule has 148 valence electrons. The SMILES string of the molecule is Cc1cc(C(C)(N)c2c3ncn(C4CC4)c(=O)c3nn2C)ccc1C(F)(F)F. The lowest BCUT2D eigenvalue weighted by atomic mass is 9.87. The Hall–Kier alpha value is -2.68. The van der Waals surface area contributed by atoms with Crippen LogP contribution in [0.5, 0.6) is 0 Å². The van der Waals surface area contributed by atoms with E-state index < -0.39 is 17.3 Å². The first-order chi connectivity index (χ1) is 13.0. The third kappa shape index (κ3) is 2.81. The molecule has 0 bridgehead atoms. The van der Waals surface area contributed by atoms with Gasteiger partial charge in [0.1, 0.15) is 5.52 Å². The second-order valence-corrected chi connectivity index (χ2v) is 7.59. The van der Waals surface area contributed by atoms with Crippen LogP contribution in [0.15, 0.2) is 29.3 Å². The maximum atomic E-state index is 13.1. The van der Waals surface area contributed by atoms with Crippen LogP contribution in [0.3, 0.4) is 0 Å². The van der Waals surface area contributed by atoms with Crippen LogP contribution in [0.2, 0.25) is 0 Å². The zero-order valence-electron chi connectivity index (χ0n) is 15.7. The number of hydrogen-bond donors (Lipinski definition) is 1. The van der Waals surface area contributed by atoms with Crippen LogP contribution in [0, 0.1) is 6.92 Å². The Morgan fingerprint density at radius 3 is 2.46 bits per heavy atom. The highest BCUT2D eigenvalue weighted by atomic mass is 19.4. The monoisotopic (exact) mass is 391 g/mol. The first kappa shape index (κ1) is 18.7. The second kappa shape index (κ2) is 5.91. The zero-order chi connectivity index (χ0) is 20.4. The van der Waals surface area contributed by atoms with E-state index in [0.717, 1.165) is 18.9 Å². The fourth-order valence-corrected chi connectivity index (χ4v) is 3.71. The van der Waals surface area contributed by atoms with Gasteiger partial charge in [0.05, 0.1) is 23.1 Å². The maximum Gasteiger partial charge on any atom is 0.416 e. The first-order valence-corrected chi connectivity index (χ1v) is 8.93. The predicted octanol–water partition coefficient (Wildman–Crippen LogP) is 3.01. The normalized spacial score (nSPS) is 17.1. The van der Waals surface area contributed by atoms with Crippen molar-refractivity contribution < 1.29 is 13.2 Å². The highest BCUT2D eigenvalue weighted by Crippen LogP contribution is 2.37. The summed E-state index contributed by atoms with van der Waals surface area (Å²) in [6, 6.07) is 3.98. The molecule has 1 aliphatic carbocycles. The standard InChI is InChI=1S/C19H20F3N5O/c1-10-8-11(4-7-13(10)19(20,21)22)18(2,23)16-14-15(25-26(16)3)17(28)27(9-24-14)12-5-6-12/h4,7-9,12H,5-6,23H2,1-3H3. The minimum atomic E-state index is -4.43. The summed E-state index contributed by atoms with van der Waals surface area (Å²) >= 11 is 0. The molecule has 0 radical (unpaired) electrons. The number of halogens is 3. The molecule has 2 N–H and O–H groups in total. The largest absolute Gasteiger partial charge is 0.416 e. The van der Waals surface area contributed by atoms with Crippen LogP contribution in [-0.2, 0) is 18.8 Å². The summed E-state index contributed by atoms with van der Waals surface area (Å²) in [6.07, 6.45) is -1.05. The van der Waals surface area contributed by atoms with E-state index >= 15 is 0 Å². The number of nitrogens with zero attached hydrogens (tertiary/aromatic N) is 4. The van der Waals surface area contributed by atoms with E-state index in [1.54, 1.807) is 18.5 Å². The Morgan fingerprint density at radius 1 is 1.21 bits per heavy atom. The lowest BCUT2D eigenvalue weighted by molar-refractivity contribution is -0.138. The molecule has 0 aliphatic heterocycles. The van der Waals surface area contributed by atoms with Gasteiger partial charge in [-0.1, -0.05) is 12.1 Å². The van der Waals surface area contributed by atoms with Gasteiger partial charge in [-0.15, -0.1) is 0 Å². The van der Waals surface area contributed by atoms with Gasteiger partial charge in [0, 0.05) is 13.1 Å². The maximum absolute atomic E-state index is 13.1. The summed E-state index contributed by atoms with van der Waals surface area (Å²) in [5, 5.41) is 4.32. The lowest BCUT2D eigenvalue weighted by Crippen LogP contribution is -2.37. The molecular weight excluding hydrogens is 371 g/mol. The summed E-state index contributed by atoms with van der Waals surface area (Å²) in [4.78, 5) is 17.1. The number of benzene rings is 1. The number of aryl methyl sites for hydroxylation is 2. The van der Waals surface area contributed by atoms with Crippen molar-refractivity contribution in [3.05, 3.63) is 57.3 Å². The van der Waals surface area contributed by atoms with Crippen LogP contribution < -0.4 is 11.3 Å². The number of nitrogens with two attached hydrogens (primary N) is 1. The summed E-state index contributed by atoms with van der Waals surface area (Å²) in [5.41, 5.74) is 6.07. The molecule has 1 unspecified atom stereocenters. The minimum absolute atomic E-state index is 0.0807. The molecular formula is C19H20F3N5O. The number of hydrogen-bond acceptors (Lipinski definition) is 4. The molecule has 6 nitrogen and oxygen atoms in total. The molecule has 1 fully saturated rings.